The van der Waals surface area contributed by atoms with Crippen LogP contribution in [0.25, 0.3) is 0 Å². The van der Waals surface area contributed by atoms with Crippen LogP contribution in [0.1, 0.15) is 54.4 Å². The number of carbonyl (C=O) groups excluding carboxylic acids is 2. The van der Waals surface area contributed by atoms with Crippen LogP contribution < -0.4 is 5.32 Å². The van der Waals surface area contributed by atoms with Gasteiger partial charge >= 0.3 is 0 Å². The van der Waals surface area contributed by atoms with Gasteiger partial charge in [-0.25, -0.2) is 0 Å². The molecule has 0 unspecified atom stereocenters. The average Bonchev–Trinajstić information content (AvgIpc) is 2.52. The van der Waals surface area contributed by atoms with Gasteiger partial charge in [0, 0.05) is 30.8 Å². The summed E-state index contributed by atoms with van der Waals surface area (Å²) in [5.74, 6) is 0.210. The van der Waals surface area contributed by atoms with Crippen molar-refractivity contribution in [3.8, 4) is 0 Å². The smallest absolute Gasteiger partial charge is 0.253 e. The average molecular weight is 298 g/mol. The molecule has 1 aromatic rings. The quantitative estimate of drug-likeness (QED) is 0.866. The predicted molar refractivity (Wildman–Crippen MR) is 84.8 cm³/mol. The minimum Gasteiger partial charge on any atom is -0.339 e. The zero-order valence-corrected chi connectivity index (χ0v) is 12.9. The molecule has 1 saturated carbocycles. The van der Waals surface area contributed by atoms with E-state index >= 15 is 0 Å². The van der Waals surface area contributed by atoms with E-state index in [-0.39, 0.29) is 11.8 Å². The molecule has 2 amide bonds. The third-order valence-electron chi connectivity index (χ3n) is 5.77. The first-order valence-electron chi connectivity index (χ1n) is 8.37. The van der Waals surface area contributed by atoms with Gasteiger partial charge in [0.25, 0.3) is 5.91 Å². The number of hydrogen-bond acceptors (Lipinski definition) is 2. The topological polar surface area (TPSA) is 49.4 Å². The van der Waals surface area contributed by atoms with Crippen LogP contribution >= 0.6 is 0 Å². The SMILES string of the molecule is O=C1CCc2cc(C(=O)N3CCC4(CCC4)CC3)ccc2N1. The normalized spacial score (nSPS) is 22.7. The van der Waals surface area contributed by atoms with E-state index in [9.17, 15) is 9.59 Å². The van der Waals surface area contributed by atoms with Gasteiger partial charge in [0.05, 0.1) is 0 Å². The first-order chi connectivity index (χ1) is 10.7. The lowest BCUT2D eigenvalue weighted by Crippen LogP contribution is -2.45. The van der Waals surface area contributed by atoms with Crippen molar-refractivity contribution < 1.29 is 9.59 Å². The number of piperidine rings is 1. The molecule has 1 spiro atoms. The fraction of sp³-hybridized carbons (Fsp3) is 0.556. The molecule has 3 aliphatic rings. The number of carbonyl (C=O) groups is 2. The number of rotatable bonds is 1. The highest BCUT2D eigenvalue weighted by molar-refractivity contribution is 5.98. The molecule has 0 bridgehead atoms. The Labute approximate surface area is 130 Å². The lowest BCUT2D eigenvalue weighted by molar-refractivity contribution is -0.116. The van der Waals surface area contributed by atoms with Crippen molar-refractivity contribution in [1.29, 1.82) is 0 Å². The number of hydrogen-bond donors (Lipinski definition) is 1. The summed E-state index contributed by atoms with van der Waals surface area (Å²) < 4.78 is 0. The third kappa shape index (κ3) is 2.31. The van der Waals surface area contributed by atoms with Crippen LogP contribution in [0.4, 0.5) is 5.69 Å². The van der Waals surface area contributed by atoms with Crippen molar-refractivity contribution in [2.75, 3.05) is 18.4 Å². The number of nitrogens with zero attached hydrogens (tertiary/aromatic N) is 1. The fourth-order valence-electron chi connectivity index (χ4n) is 4.06. The number of anilines is 1. The maximum atomic E-state index is 12.7. The van der Waals surface area contributed by atoms with E-state index < -0.39 is 0 Å². The Morgan fingerprint density at radius 2 is 1.86 bits per heavy atom. The van der Waals surface area contributed by atoms with E-state index in [1.54, 1.807) is 0 Å². The zero-order valence-electron chi connectivity index (χ0n) is 12.9. The highest BCUT2D eigenvalue weighted by atomic mass is 16.2. The second-order valence-corrected chi connectivity index (χ2v) is 7.07. The lowest BCUT2D eigenvalue weighted by atomic mass is 9.63. The molecule has 1 aliphatic carbocycles. The summed E-state index contributed by atoms with van der Waals surface area (Å²) in [5.41, 5.74) is 3.27. The number of aryl methyl sites for hydroxylation is 1. The molecule has 2 aliphatic heterocycles. The van der Waals surface area contributed by atoms with Gasteiger partial charge in [-0.05, 0) is 61.3 Å². The van der Waals surface area contributed by atoms with Gasteiger partial charge in [0.1, 0.15) is 0 Å². The zero-order chi connectivity index (χ0) is 15.2. The summed E-state index contributed by atoms with van der Waals surface area (Å²) in [6.07, 6.45) is 7.65. The minimum absolute atomic E-state index is 0.0633. The summed E-state index contributed by atoms with van der Waals surface area (Å²) in [5, 5.41) is 2.87. The highest BCUT2D eigenvalue weighted by Crippen LogP contribution is 2.48. The number of amides is 2. The van der Waals surface area contributed by atoms with Crippen LogP contribution in [-0.2, 0) is 11.2 Å². The van der Waals surface area contributed by atoms with E-state index in [0.29, 0.717) is 11.8 Å². The maximum absolute atomic E-state index is 12.7. The molecular weight excluding hydrogens is 276 g/mol. The van der Waals surface area contributed by atoms with Crippen LogP contribution in [0, 0.1) is 5.41 Å². The summed E-state index contributed by atoms with van der Waals surface area (Å²) in [6, 6.07) is 5.68. The van der Waals surface area contributed by atoms with Gasteiger partial charge in [0.15, 0.2) is 0 Å². The van der Waals surface area contributed by atoms with Gasteiger partial charge in [-0.15, -0.1) is 0 Å². The number of likely N-dealkylation sites (tertiary alicyclic amines) is 1. The van der Waals surface area contributed by atoms with Gasteiger partial charge < -0.3 is 10.2 Å². The molecule has 1 N–H and O–H groups in total. The number of fused-ring (bicyclic) bond motifs is 1. The van der Waals surface area contributed by atoms with E-state index in [4.69, 9.17) is 0 Å². The molecule has 0 radical (unpaired) electrons. The van der Waals surface area contributed by atoms with E-state index in [1.807, 2.05) is 23.1 Å². The van der Waals surface area contributed by atoms with Gasteiger partial charge in [-0.2, -0.15) is 0 Å². The predicted octanol–water partition coefficient (Wildman–Crippen LogP) is 2.98. The molecule has 4 rings (SSSR count). The third-order valence-corrected chi connectivity index (χ3v) is 5.77. The van der Waals surface area contributed by atoms with Gasteiger partial charge in [-0.3, -0.25) is 9.59 Å². The molecule has 2 fully saturated rings. The molecule has 2 heterocycles. The number of benzene rings is 1. The van der Waals surface area contributed by atoms with Crippen LogP contribution in [0.3, 0.4) is 0 Å². The Kier molecular flexibility index (Phi) is 3.21. The minimum atomic E-state index is 0.0633. The molecule has 1 saturated heterocycles. The molecule has 0 aromatic heterocycles. The fourth-order valence-corrected chi connectivity index (χ4v) is 4.06. The van der Waals surface area contributed by atoms with E-state index in [1.165, 1.54) is 32.1 Å². The van der Waals surface area contributed by atoms with Crippen LogP contribution in [0.15, 0.2) is 18.2 Å². The first-order valence-corrected chi connectivity index (χ1v) is 8.37. The monoisotopic (exact) mass is 298 g/mol. The van der Waals surface area contributed by atoms with Crippen molar-refractivity contribution in [3.05, 3.63) is 29.3 Å². The molecule has 4 heteroatoms. The molecule has 0 atom stereocenters. The van der Waals surface area contributed by atoms with Crippen molar-refractivity contribution >= 4 is 17.5 Å². The molecule has 4 nitrogen and oxygen atoms in total. The van der Waals surface area contributed by atoms with Crippen molar-refractivity contribution in [1.82, 2.24) is 4.90 Å². The summed E-state index contributed by atoms with van der Waals surface area (Å²) in [6.45, 7) is 1.79. The van der Waals surface area contributed by atoms with E-state index in [0.717, 1.165) is 36.3 Å². The Morgan fingerprint density at radius 1 is 1.09 bits per heavy atom. The standard InChI is InChI=1S/C18H22N2O2/c21-16-5-3-13-12-14(2-4-15(13)19-16)17(22)20-10-8-18(9-11-20)6-1-7-18/h2,4,12H,1,3,5-11H2,(H,19,21). The van der Waals surface area contributed by atoms with Crippen molar-refractivity contribution in [2.45, 2.75) is 44.9 Å². The summed E-state index contributed by atoms with van der Waals surface area (Å²) in [7, 11) is 0. The molecule has 116 valence electrons. The Balaban J connectivity index is 1.48. The van der Waals surface area contributed by atoms with Crippen LogP contribution in [0.2, 0.25) is 0 Å². The van der Waals surface area contributed by atoms with E-state index in [2.05, 4.69) is 5.32 Å². The molecular formula is C18H22N2O2. The Hall–Kier alpha value is -1.84. The van der Waals surface area contributed by atoms with Crippen molar-refractivity contribution in [3.63, 3.8) is 0 Å². The molecule has 22 heavy (non-hydrogen) atoms. The Morgan fingerprint density at radius 3 is 2.55 bits per heavy atom. The van der Waals surface area contributed by atoms with Gasteiger partial charge in [-0.1, -0.05) is 6.42 Å². The second-order valence-electron chi connectivity index (χ2n) is 7.07. The van der Waals surface area contributed by atoms with Crippen LogP contribution in [-0.4, -0.2) is 29.8 Å². The summed E-state index contributed by atoms with van der Waals surface area (Å²) in [4.78, 5) is 26.1. The van der Waals surface area contributed by atoms with Crippen molar-refractivity contribution in [2.24, 2.45) is 5.41 Å². The maximum Gasteiger partial charge on any atom is 0.253 e. The lowest BCUT2D eigenvalue weighted by Gasteiger charge is -2.48. The molecule has 1 aromatic carbocycles. The summed E-state index contributed by atoms with van der Waals surface area (Å²) >= 11 is 0. The second kappa shape index (κ2) is 5.11. The largest absolute Gasteiger partial charge is 0.339 e. The van der Waals surface area contributed by atoms with Crippen LogP contribution in [0.5, 0.6) is 0 Å². The highest BCUT2D eigenvalue weighted by Gasteiger charge is 2.40. The number of nitrogens with one attached hydrogen (secondary N) is 1. The first kappa shape index (κ1) is 13.8. The Bertz CT molecular complexity index is 624. The van der Waals surface area contributed by atoms with Gasteiger partial charge in [0.2, 0.25) is 5.91 Å².